The zero-order valence-electron chi connectivity index (χ0n) is 12.7. The summed E-state index contributed by atoms with van der Waals surface area (Å²) in [6, 6.07) is 0.388. The van der Waals surface area contributed by atoms with E-state index in [1.165, 1.54) is 12.8 Å². The first-order valence-corrected chi connectivity index (χ1v) is 7.51. The van der Waals surface area contributed by atoms with Crippen LogP contribution in [0.25, 0.3) is 0 Å². The van der Waals surface area contributed by atoms with Gasteiger partial charge in [-0.3, -0.25) is 0 Å². The lowest BCUT2D eigenvalue weighted by atomic mass is 9.78. The highest BCUT2D eigenvalue weighted by Crippen LogP contribution is 2.35. The number of hydrogen-bond donors (Lipinski definition) is 2. The van der Waals surface area contributed by atoms with E-state index < -0.39 is 6.09 Å². The first kappa shape index (κ1) is 14.6. The maximum absolute atomic E-state index is 11.7. The molecule has 0 spiro atoms. The Morgan fingerprint density at radius 1 is 1.05 bits per heavy atom. The lowest BCUT2D eigenvalue weighted by molar-refractivity contribution is 0.0423. The van der Waals surface area contributed by atoms with Gasteiger partial charge in [0.25, 0.3) is 0 Å². The van der Waals surface area contributed by atoms with Gasteiger partial charge in [-0.15, -0.1) is 0 Å². The van der Waals surface area contributed by atoms with E-state index in [0.29, 0.717) is 0 Å². The van der Waals surface area contributed by atoms with Crippen LogP contribution in [0.3, 0.4) is 0 Å². The monoisotopic (exact) mass is 268 g/mol. The summed E-state index contributed by atoms with van der Waals surface area (Å²) < 4.78 is 0. The zero-order valence-corrected chi connectivity index (χ0v) is 12.7. The van der Waals surface area contributed by atoms with E-state index in [4.69, 9.17) is 0 Å². The Labute approximate surface area is 116 Å². The quantitative estimate of drug-likeness (QED) is 0.808. The molecular formula is C15H28N2O2. The summed E-state index contributed by atoms with van der Waals surface area (Å²) in [5, 5.41) is 13.3. The van der Waals surface area contributed by atoms with Gasteiger partial charge in [-0.2, -0.15) is 0 Å². The number of carbonyl (C=O) groups is 1. The standard InChI is InChI=1S/C15H28N2O2/c1-14(2)9-12(10-15(3,4)16-14)17(13(18)19)11-7-5-6-8-11/h11-12,16H,5-10H2,1-4H3,(H,18,19). The number of carboxylic acid groups (broad SMARTS) is 1. The van der Waals surface area contributed by atoms with Crippen LogP contribution in [0.5, 0.6) is 0 Å². The van der Waals surface area contributed by atoms with Crippen molar-refractivity contribution in [3.05, 3.63) is 0 Å². The molecule has 2 fully saturated rings. The van der Waals surface area contributed by atoms with Crippen molar-refractivity contribution in [1.29, 1.82) is 0 Å². The van der Waals surface area contributed by atoms with Crippen molar-refractivity contribution in [3.63, 3.8) is 0 Å². The molecule has 0 bridgehead atoms. The molecule has 2 aliphatic rings. The maximum atomic E-state index is 11.7. The third-order valence-corrected chi connectivity index (χ3v) is 4.50. The Hall–Kier alpha value is -0.770. The Morgan fingerprint density at radius 3 is 1.95 bits per heavy atom. The fourth-order valence-corrected chi connectivity index (χ4v) is 4.26. The molecule has 0 unspecified atom stereocenters. The van der Waals surface area contributed by atoms with Gasteiger partial charge in [-0.25, -0.2) is 4.79 Å². The van der Waals surface area contributed by atoms with Gasteiger partial charge in [0.2, 0.25) is 0 Å². The summed E-state index contributed by atoms with van der Waals surface area (Å²) in [7, 11) is 0. The minimum absolute atomic E-state index is 0.00127. The Kier molecular flexibility index (Phi) is 3.83. The van der Waals surface area contributed by atoms with Crippen LogP contribution in [0.4, 0.5) is 4.79 Å². The maximum Gasteiger partial charge on any atom is 0.407 e. The first-order valence-electron chi connectivity index (χ1n) is 7.51. The molecule has 2 rings (SSSR count). The van der Waals surface area contributed by atoms with E-state index in [1.807, 2.05) is 0 Å². The minimum Gasteiger partial charge on any atom is -0.465 e. The van der Waals surface area contributed by atoms with E-state index in [9.17, 15) is 9.90 Å². The molecule has 1 aliphatic heterocycles. The van der Waals surface area contributed by atoms with Crippen molar-refractivity contribution < 1.29 is 9.90 Å². The van der Waals surface area contributed by atoms with Gasteiger partial charge in [-0.1, -0.05) is 12.8 Å². The van der Waals surface area contributed by atoms with E-state index in [0.717, 1.165) is 25.7 Å². The predicted octanol–water partition coefficient (Wildman–Crippen LogP) is 3.22. The number of amides is 1. The van der Waals surface area contributed by atoms with Crippen molar-refractivity contribution in [2.45, 2.75) is 89.4 Å². The molecule has 0 atom stereocenters. The first-order chi connectivity index (χ1) is 8.70. The Morgan fingerprint density at radius 2 is 1.53 bits per heavy atom. The molecule has 1 heterocycles. The fourth-order valence-electron chi connectivity index (χ4n) is 4.26. The van der Waals surface area contributed by atoms with Gasteiger partial charge in [0, 0.05) is 23.2 Å². The van der Waals surface area contributed by atoms with Crippen molar-refractivity contribution in [2.24, 2.45) is 0 Å². The van der Waals surface area contributed by atoms with Gasteiger partial charge >= 0.3 is 6.09 Å². The smallest absolute Gasteiger partial charge is 0.407 e. The molecule has 0 radical (unpaired) electrons. The van der Waals surface area contributed by atoms with Gasteiger partial charge in [0.05, 0.1) is 0 Å². The lowest BCUT2D eigenvalue weighted by Gasteiger charge is -2.50. The molecule has 0 aromatic heterocycles. The average molecular weight is 268 g/mol. The number of nitrogens with one attached hydrogen (secondary N) is 1. The zero-order chi connectivity index (χ0) is 14.3. The molecule has 4 heteroatoms. The molecule has 110 valence electrons. The highest BCUT2D eigenvalue weighted by atomic mass is 16.4. The summed E-state index contributed by atoms with van der Waals surface area (Å²) in [5.74, 6) is 0. The van der Waals surface area contributed by atoms with Crippen LogP contribution in [0, 0.1) is 0 Å². The number of nitrogens with zero attached hydrogens (tertiary/aromatic N) is 1. The topological polar surface area (TPSA) is 52.6 Å². The second-order valence-electron chi connectivity index (χ2n) is 7.58. The third kappa shape index (κ3) is 3.41. The minimum atomic E-state index is -0.731. The van der Waals surface area contributed by atoms with E-state index >= 15 is 0 Å². The van der Waals surface area contributed by atoms with Gasteiger partial charge in [-0.05, 0) is 53.4 Å². The molecule has 1 amide bonds. The van der Waals surface area contributed by atoms with Crippen molar-refractivity contribution >= 4 is 6.09 Å². The van der Waals surface area contributed by atoms with Crippen molar-refractivity contribution in [2.75, 3.05) is 0 Å². The Bertz CT molecular complexity index is 330. The van der Waals surface area contributed by atoms with Crippen LogP contribution in [0.1, 0.15) is 66.2 Å². The summed E-state index contributed by atoms with van der Waals surface area (Å²) >= 11 is 0. The number of piperidine rings is 1. The van der Waals surface area contributed by atoms with Crippen LogP contribution >= 0.6 is 0 Å². The SMILES string of the molecule is CC1(C)CC(N(C(=O)O)C2CCCC2)CC(C)(C)N1. The van der Waals surface area contributed by atoms with Crippen LogP contribution in [0.15, 0.2) is 0 Å². The second kappa shape index (κ2) is 4.97. The highest BCUT2D eigenvalue weighted by molar-refractivity contribution is 5.66. The average Bonchev–Trinajstić information content (AvgIpc) is 2.64. The lowest BCUT2D eigenvalue weighted by Crippen LogP contribution is -2.63. The second-order valence-corrected chi connectivity index (χ2v) is 7.58. The van der Waals surface area contributed by atoms with E-state index in [2.05, 4.69) is 33.0 Å². The molecular weight excluding hydrogens is 240 g/mol. The third-order valence-electron chi connectivity index (χ3n) is 4.50. The molecule has 2 N–H and O–H groups in total. The number of rotatable bonds is 2. The highest BCUT2D eigenvalue weighted by Gasteiger charge is 2.43. The molecule has 1 saturated carbocycles. The molecule has 1 aliphatic carbocycles. The van der Waals surface area contributed by atoms with Crippen molar-refractivity contribution in [1.82, 2.24) is 10.2 Å². The molecule has 1 saturated heterocycles. The molecule has 19 heavy (non-hydrogen) atoms. The predicted molar refractivity (Wildman–Crippen MR) is 76.4 cm³/mol. The van der Waals surface area contributed by atoms with Crippen LogP contribution in [-0.2, 0) is 0 Å². The van der Waals surface area contributed by atoms with Crippen LogP contribution in [0.2, 0.25) is 0 Å². The molecule has 4 nitrogen and oxygen atoms in total. The fraction of sp³-hybridized carbons (Fsp3) is 0.933. The summed E-state index contributed by atoms with van der Waals surface area (Å²) in [6.45, 7) is 8.70. The van der Waals surface area contributed by atoms with E-state index in [1.54, 1.807) is 4.90 Å². The Balaban J connectivity index is 2.18. The summed E-state index contributed by atoms with van der Waals surface area (Å²) in [5.41, 5.74) is -0.00254. The largest absolute Gasteiger partial charge is 0.465 e. The van der Waals surface area contributed by atoms with Crippen LogP contribution < -0.4 is 5.32 Å². The molecule has 0 aromatic rings. The van der Waals surface area contributed by atoms with Crippen molar-refractivity contribution in [3.8, 4) is 0 Å². The van der Waals surface area contributed by atoms with Crippen LogP contribution in [-0.4, -0.2) is 39.3 Å². The normalized spacial score (nSPS) is 27.4. The van der Waals surface area contributed by atoms with E-state index in [-0.39, 0.29) is 23.2 Å². The summed E-state index contributed by atoms with van der Waals surface area (Å²) in [6.07, 6.45) is 5.50. The van der Waals surface area contributed by atoms with Gasteiger partial charge in [0.15, 0.2) is 0 Å². The molecule has 0 aromatic carbocycles. The summed E-state index contributed by atoms with van der Waals surface area (Å²) in [4.78, 5) is 13.5. The number of hydrogen-bond acceptors (Lipinski definition) is 2. The van der Waals surface area contributed by atoms with Gasteiger partial charge in [0.1, 0.15) is 0 Å². The van der Waals surface area contributed by atoms with Gasteiger partial charge < -0.3 is 15.3 Å².